The first-order chi connectivity index (χ1) is 10.1. The van der Waals surface area contributed by atoms with E-state index in [0.29, 0.717) is 5.92 Å². The number of benzene rings is 1. The highest BCUT2D eigenvalue weighted by atomic mass is 32.2. The smallest absolute Gasteiger partial charge is 0.139 e. The summed E-state index contributed by atoms with van der Waals surface area (Å²) in [6, 6.07) is 8.64. The Hall–Kier alpha value is -1.55. The quantitative estimate of drug-likeness (QED) is 0.801. The van der Waals surface area contributed by atoms with Crippen LogP contribution in [0.25, 0.3) is 0 Å². The molecule has 0 aliphatic heterocycles. The van der Waals surface area contributed by atoms with Crippen LogP contribution in [0.3, 0.4) is 0 Å². The second kappa shape index (κ2) is 5.68. The van der Waals surface area contributed by atoms with Crippen molar-refractivity contribution in [1.29, 1.82) is 0 Å². The number of aromatic nitrogens is 2. The van der Waals surface area contributed by atoms with Gasteiger partial charge in [0.25, 0.3) is 0 Å². The van der Waals surface area contributed by atoms with Crippen LogP contribution in [-0.4, -0.2) is 23.3 Å². The molecule has 0 fully saturated rings. The number of hydrogen-bond donors (Lipinski definition) is 0. The predicted molar refractivity (Wildman–Crippen MR) is 89.6 cm³/mol. The van der Waals surface area contributed by atoms with Crippen molar-refractivity contribution in [2.75, 3.05) is 18.2 Å². The highest BCUT2D eigenvalue weighted by Gasteiger charge is 2.25. The molecule has 1 heterocycles. The third kappa shape index (κ3) is 2.77. The van der Waals surface area contributed by atoms with E-state index in [9.17, 15) is 0 Å². The zero-order valence-corrected chi connectivity index (χ0v) is 13.9. The van der Waals surface area contributed by atoms with E-state index >= 15 is 0 Å². The van der Waals surface area contributed by atoms with Crippen LogP contribution in [0, 0.1) is 12.8 Å². The van der Waals surface area contributed by atoms with Crippen LogP contribution in [0.2, 0.25) is 0 Å². The minimum Gasteiger partial charge on any atom is -0.329 e. The summed E-state index contributed by atoms with van der Waals surface area (Å²) >= 11 is 1.76. The highest BCUT2D eigenvalue weighted by Crippen LogP contribution is 2.34. The third-order valence-corrected chi connectivity index (χ3v) is 4.80. The summed E-state index contributed by atoms with van der Waals surface area (Å²) in [6.07, 6.45) is 4.25. The number of rotatable bonds is 3. The van der Waals surface area contributed by atoms with Gasteiger partial charge in [0.1, 0.15) is 11.6 Å². The average Bonchev–Trinajstić information content (AvgIpc) is 2.85. The van der Waals surface area contributed by atoms with Gasteiger partial charge in [0.05, 0.1) is 0 Å². The first-order valence-electron chi connectivity index (χ1n) is 7.32. The van der Waals surface area contributed by atoms with Crippen LogP contribution in [0.5, 0.6) is 0 Å². The van der Waals surface area contributed by atoms with Crippen molar-refractivity contribution in [3.05, 3.63) is 41.3 Å². The molecule has 1 atom stereocenters. The maximum Gasteiger partial charge on any atom is 0.139 e. The van der Waals surface area contributed by atoms with Crippen molar-refractivity contribution in [2.45, 2.75) is 31.6 Å². The maximum absolute atomic E-state index is 4.71. The Bertz CT molecular complexity index is 652. The number of anilines is 2. The van der Waals surface area contributed by atoms with Crippen LogP contribution >= 0.6 is 11.8 Å². The fourth-order valence-electron chi connectivity index (χ4n) is 2.97. The summed E-state index contributed by atoms with van der Waals surface area (Å²) in [6.45, 7) is 4.27. The molecule has 1 aromatic heterocycles. The molecule has 2 aromatic rings. The van der Waals surface area contributed by atoms with E-state index in [1.165, 1.54) is 21.8 Å². The molecule has 0 saturated heterocycles. The molecule has 1 aliphatic rings. The molecule has 0 N–H and O–H groups in total. The number of fused-ring (bicyclic) bond motifs is 1. The lowest BCUT2D eigenvalue weighted by atomic mass is 10.1. The molecule has 3 rings (SSSR count). The fourth-order valence-corrected chi connectivity index (χ4v) is 3.38. The highest BCUT2D eigenvalue weighted by molar-refractivity contribution is 7.98. The first kappa shape index (κ1) is 14.4. The van der Waals surface area contributed by atoms with Crippen LogP contribution in [0.1, 0.15) is 24.0 Å². The van der Waals surface area contributed by atoms with Gasteiger partial charge in [0.15, 0.2) is 0 Å². The van der Waals surface area contributed by atoms with Gasteiger partial charge in [-0.15, -0.1) is 11.8 Å². The summed E-state index contributed by atoms with van der Waals surface area (Å²) in [4.78, 5) is 12.8. The summed E-state index contributed by atoms with van der Waals surface area (Å²) in [5.41, 5.74) is 3.73. The van der Waals surface area contributed by atoms with Crippen molar-refractivity contribution in [1.82, 2.24) is 9.97 Å². The van der Waals surface area contributed by atoms with Gasteiger partial charge >= 0.3 is 0 Å². The summed E-state index contributed by atoms with van der Waals surface area (Å²) < 4.78 is 0. The van der Waals surface area contributed by atoms with E-state index in [1.54, 1.807) is 11.8 Å². The van der Waals surface area contributed by atoms with Crippen molar-refractivity contribution in [3.63, 3.8) is 0 Å². The molecule has 21 heavy (non-hydrogen) atoms. The molecule has 0 radical (unpaired) electrons. The summed E-state index contributed by atoms with van der Waals surface area (Å²) in [7, 11) is 2.10. The second-order valence-electron chi connectivity index (χ2n) is 5.79. The molecule has 0 saturated carbocycles. The Kier molecular flexibility index (Phi) is 3.89. The zero-order chi connectivity index (χ0) is 15.0. The van der Waals surface area contributed by atoms with Crippen LogP contribution in [0.4, 0.5) is 11.5 Å². The van der Waals surface area contributed by atoms with E-state index < -0.39 is 0 Å². The van der Waals surface area contributed by atoms with Crippen LogP contribution < -0.4 is 4.90 Å². The molecule has 1 unspecified atom stereocenters. The Balaban J connectivity index is 1.99. The lowest BCUT2D eigenvalue weighted by Crippen LogP contribution is -2.15. The molecule has 0 spiro atoms. The standard InChI is InChI=1S/C17H21N3S/c1-11-9-15-16(10-11)18-12(2)19-17(15)20(3)13-5-7-14(21-4)8-6-13/h5-8,11H,9-10H2,1-4H3. The average molecular weight is 299 g/mol. The second-order valence-corrected chi connectivity index (χ2v) is 6.67. The number of nitrogens with zero attached hydrogens (tertiary/aromatic N) is 3. The lowest BCUT2D eigenvalue weighted by molar-refractivity contribution is 0.623. The number of hydrogen-bond acceptors (Lipinski definition) is 4. The maximum atomic E-state index is 4.71. The van der Waals surface area contributed by atoms with Crippen LogP contribution in [-0.2, 0) is 12.8 Å². The Labute approximate surface area is 130 Å². The van der Waals surface area contributed by atoms with Gasteiger partial charge in [-0.25, -0.2) is 9.97 Å². The first-order valence-corrected chi connectivity index (χ1v) is 8.55. The topological polar surface area (TPSA) is 29.0 Å². The van der Waals surface area contributed by atoms with E-state index in [2.05, 4.69) is 54.4 Å². The molecule has 110 valence electrons. The minimum atomic E-state index is 0.669. The van der Waals surface area contributed by atoms with Crippen molar-refractivity contribution >= 4 is 23.3 Å². The predicted octanol–water partition coefficient (Wildman–Crippen LogP) is 4.01. The van der Waals surface area contributed by atoms with E-state index in [0.717, 1.165) is 24.5 Å². The largest absolute Gasteiger partial charge is 0.329 e. The van der Waals surface area contributed by atoms with E-state index in [1.807, 2.05) is 6.92 Å². The monoisotopic (exact) mass is 299 g/mol. The van der Waals surface area contributed by atoms with Gasteiger partial charge < -0.3 is 4.90 Å². The zero-order valence-electron chi connectivity index (χ0n) is 13.1. The van der Waals surface area contributed by atoms with Gasteiger partial charge in [-0.05, 0) is 56.2 Å². The number of aryl methyl sites for hydroxylation is 1. The van der Waals surface area contributed by atoms with E-state index in [-0.39, 0.29) is 0 Å². The molecule has 1 aliphatic carbocycles. The van der Waals surface area contributed by atoms with Crippen molar-refractivity contribution < 1.29 is 0 Å². The Morgan fingerprint density at radius 1 is 1.14 bits per heavy atom. The van der Waals surface area contributed by atoms with Gasteiger partial charge in [-0.3, -0.25) is 0 Å². The van der Waals surface area contributed by atoms with Gasteiger partial charge in [-0.1, -0.05) is 6.92 Å². The normalized spacial score (nSPS) is 16.9. The molecular formula is C17H21N3S. The fraction of sp³-hybridized carbons (Fsp3) is 0.412. The molecular weight excluding hydrogens is 278 g/mol. The minimum absolute atomic E-state index is 0.669. The SMILES string of the molecule is CSc1ccc(N(C)c2nc(C)nc3c2CC(C)C3)cc1. The Morgan fingerprint density at radius 2 is 1.86 bits per heavy atom. The van der Waals surface area contributed by atoms with Crippen molar-refractivity contribution in [2.24, 2.45) is 5.92 Å². The van der Waals surface area contributed by atoms with Crippen molar-refractivity contribution in [3.8, 4) is 0 Å². The molecule has 1 aromatic carbocycles. The summed E-state index contributed by atoms with van der Waals surface area (Å²) in [5, 5.41) is 0. The van der Waals surface area contributed by atoms with Gasteiger partial charge in [0.2, 0.25) is 0 Å². The Morgan fingerprint density at radius 3 is 2.52 bits per heavy atom. The van der Waals surface area contributed by atoms with E-state index in [4.69, 9.17) is 4.98 Å². The van der Waals surface area contributed by atoms with Crippen LogP contribution in [0.15, 0.2) is 29.2 Å². The summed E-state index contributed by atoms with van der Waals surface area (Å²) in [5.74, 6) is 2.60. The lowest BCUT2D eigenvalue weighted by Gasteiger charge is -2.21. The molecule has 0 amide bonds. The molecule has 4 heteroatoms. The van der Waals surface area contributed by atoms with Gasteiger partial charge in [0, 0.05) is 28.9 Å². The molecule has 3 nitrogen and oxygen atoms in total. The third-order valence-electron chi connectivity index (χ3n) is 4.05. The molecule has 0 bridgehead atoms. The van der Waals surface area contributed by atoms with Gasteiger partial charge in [-0.2, -0.15) is 0 Å². The number of thioether (sulfide) groups is 1.